The summed E-state index contributed by atoms with van der Waals surface area (Å²) in [5, 5.41) is 9.34. The number of likely N-dealkylation sites (tertiary alicyclic amines) is 1. The first kappa shape index (κ1) is 14.5. The first-order valence-corrected chi connectivity index (χ1v) is 7.19. The van der Waals surface area contributed by atoms with E-state index in [0.717, 1.165) is 17.3 Å². The molecule has 1 aliphatic rings. The van der Waals surface area contributed by atoms with E-state index < -0.39 is 12.0 Å². The predicted octanol–water partition coefficient (Wildman–Crippen LogP) is 3.27. The van der Waals surface area contributed by atoms with E-state index in [1.807, 2.05) is 11.8 Å². The molecule has 1 heterocycles. The Kier molecular flexibility index (Phi) is 4.58. The SMILES string of the molecule is CC1CCCN(Cc2cc(Br)ccc2F)C1C(=O)O. The summed E-state index contributed by atoms with van der Waals surface area (Å²) in [5.74, 6) is -1.00. The van der Waals surface area contributed by atoms with Gasteiger partial charge in [0.05, 0.1) is 0 Å². The monoisotopic (exact) mass is 329 g/mol. The van der Waals surface area contributed by atoms with Crippen LogP contribution in [0.5, 0.6) is 0 Å². The maximum atomic E-state index is 13.8. The highest BCUT2D eigenvalue weighted by molar-refractivity contribution is 9.10. The molecule has 1 aromatic rings. The number of benzene rings is 1. The summed E-state index contributed by atoms with van der Waals surface area (Å²) in [4.78, 5) is 13.2. The number of hydrogen-bond donors (Lipinski definition) is 1. The maximum Gasteiger partial charge on any atom is 0.321 e. The Bertz CT molecular complexity index is 481. The normalized spacial score (nSPS) is 24.4. The summed E-state index contributed by atoms with van der Waals surface area (Å²) in [6, 6.07) is 4.25. The van der Waals surface area contributed by atoms with Crippen LogP contribution in [0, 0.1) is 11.7 Å². The largest absolute Gasteiger partial charge is 0.480 e. The second-order valence-corrected chi connectivity index (χ2v) is 6.02. The molecule has 1 aliphatic heterocycles. The first-order valence-electron chi connectivity index (χ1n) is 6.40. The van der Waals surface area contributed by atoms with E-state index in [0.29, 0.717) is 18.7 Å². The van der Waals surface area contributed by atoms with Gasteiger partial charge in [-0.25, -0.2) is 4.39 Å². The summed E-state index contributed by atoms with van der Waals surface area (Å²) in [6.07, 6.45) is 1.87. The zero-order chi connectivity index (χ0) is 14.0. The molecule has 0 aliphatic carbocycles. The van der Waals surface area contributed by atoms with Crippen molar-refractivity contribution in [2.75, 3.05) is 6.54 Å². The van der Waals surface area contributed by atoms with Gasteiger partial charge in [-0.05, 0) is 43.5 Å². The van der Waals surface area contributed by atoms with Gasteiger partial charge in [0.25, 0.3) is 0 Å². The zero-order valence-corrected chi connectivity index (χ0v) is 12.4. The van der Waals surface area contributed by atoms with E-state index in [9.17, 15) is 14.3 Å². The van der Waals surface area contributed by atoms with Crippen LogP contribution in [-0.4, -0.2) is 28.6 Å². The second-order valence-electron chi connectivity index (χ2n) is 5.11. The summed E-state index contributed by atoms with van der Waals surface area (Å²) in [5.41, 5.74) is 0.537. The Morgan fingerprint density at radius 2 is 2.32 bits per heavy atom. The molecule has 1 saturated heterocycles. The summed E-state index contributed by atoms with van der Waals surface area (Å²) >= 11 is 3.32. The van der Waals surface area contributed by atoms with E-state index >= 15 is 0 Å². The Balaban J connectivity index is 2.20. The first-order chi connectivity index (χ1) is 8.99. The minimum Gasteiger partial charge on any atom is -0.480 e. The molecule has 3 nitrogen and oxygen atoms in total. The van der Waals surface area contributed by atoms with Crippen LogP contribution in [0.1, 0.15) is 25.3 Å². The quantitative estimate of drug-likeness (QED) is 0.925. The van der Waals surface area contributed by atoms with Crippen molar-refractivity contribution in [3.05, 3.63) is 34.1 Å². The third-order valence-electron chi connectivity index (χ3n) is 3.67. The maximum absolute atomic E-state index is 13.8. The molecule has 0 radical (unpaired) electrons. The molecule has 5 heteroatoms. The van der Waals surface area contributed by atoms with Crippen LogP contribution in [-0.2, 0) is 11.3 Å². The number of halogens is 2. The summed E-state index contributed by atoms with van der Waals surface area (Å²) < 4.78 is 14.6. The Morgan fingerprint density at radius 1 is 1.58 bits per heavy atom. The number of rotatable bonds is 3. The minimum absolute atomic E-state index is 0.0986. The average Bonchev–Trinajstić information content (AvgIpc) is 2.33. The molecule has 0 saturated carbocycles. The molecule has 2 unspecified atom stereocenters. The molecule has 1 N–H and O–H groups in total. The van der Waals surface area contributed by atoms with Crippen molar-refractivity contribution in [1.82, 2.24) is 4.90 Å². The highest BCUT2D eigenvalue weighted by Crippen LogP contribution is 2.26. The number of aliphatic carboxylic acids is 1. The van der Waals surface area contributed by atoms with Crippen LogP contribution >= 0.6 is 15.9 Å². The van der Waals surface area contributed by atoms with Crippen LogP contribution < -0.4 is 0 Å². The molecule has 0 aromatic heterocycles. The second kappa shape index (κ2) is 6.01. The number of nitrogens with zero attached hydrogens (tertiary/aromatic N) is 1. The Labute approximate surface area is 120 Å². The van der Waals surface area contributed by atoms with Crippen molar-refractivity contribution in [3.8, 4) is 0 Å². The molecule has 0 bridgehead atoms. The van der Waals surface area contributed by atoms with Gasteiger partial charge in [0.15, 0.2) is 0 Å². The lowest BCUT2D eigenvalue weighted by Gasteiger charge is -2.37. The highest BCUT2D eigenvalue weighted by Gasteiger charge is 2.34. The fourth-order valence-electron chi connectivity index (χ4n) is 2.73. The molecule has 0 amide bonds. The topological polar surface area (TPSA) is 40.5 Å². The lowest BCUT2D eigenvalue weighted by atomic mass is 9.90. The number of carboxylic acids is 1. The van der Waals surface area contributed by atoms with Crippen LogP contribution in [0.15, 0.2) is 22.7 Å². The molecular weight excluding hydrogens is 313 g/mol. The van der Waals surface area contributed by atoms with Gasteiger partial charge in [0.2, 0.25) is 0 Å². The molecule has 0 spiro atoms. The van der Waals surface area contributed by atoms with Crippen molar-refractivity contribution >= 4 is 21.9 Å². The average molecular weight is 330 g/mol. The zero-order valence-electron chi connectivity index (χ0n) is 10.8. The third-order valence-corrected chi connectivity index (χ3v) is 4.16. The molecule has 104 valence electrons. The fraction of sp³-hybridized carbons (Fsp3) is 0.500. The Hall–Kier alpha value is -0.940. The van der Waals surface area contributed by atoms with Gasteiger partial charge >= 0.3 is 5.97 Å². The van der Waals surface area contributed by atoms with E-state index in [1.165, 1.54) is 6.07 Å². The lowest BCUT2D eigenvalue weighted by molar-refractivity contribution is -0.147. The molecule has 2 atom stereocenters. The van der Waals surface area contributed by atoms with Crippen LogP contribution in [0.3, 0.4) is 0 Å². The van der Waals surface area contributed by atoms with Crippen molar-refractivity contribution in [1.29, 1.82) is 0 Å². The fourth-order valence-corrected chi connectivity index (χ4v) is 3.14. The lowest BCUT2D eigenvalue weighted by Crippen LogP contribution is -2.48. The molecule has 2 rings (SSSR count). The Morgan fingerprint density at radius 3 is 3.00 bits per heavy atom. The standard InChI is InChI=1S/C14H17BrFNO2/c1-9-3-2-6-17(13(9)14(18)19)8-10-7-11(15)4-5-12(10)16/h4-5,7,9,13H,2-3,6,8H2,1H3,(H,18,19). The molecule has 1 aromatic carbocycles. The van der Waals surface area contributed by atoms with Gasteiger partial charge in [0.1, 0.15) is 11.9 Å². The molecular formula is C14H17BrFNO2. The van der Waals surface area contributed by atoms with Gasteiger partial charge in [-0.2, -0.15) is 0 Å². The van der Waals surface area contributed by atoms with Crippen LogP contribution in [0.25, 0.3) is 0 Å². The van der Waals surface area contributed by atoms with Crippen molar-refractivity contribution in [2.24, 2.45) is 5.92 Å². The van der Waals surface area contributed by atoms with Crippen LogP contribution in [0.2, 0.25) is 0 Å². The van der Waals surface area contributed by atoms with Crippen molar-refractivity contribution in [2.45, 2.75) is 32.4 Å². The highest BCUT2D eigenvalue weighted by atomic mass is 79.9. The summed E-state index contributed by atoms with van der Waals surface area (Å²) in [6.45, 7) is 2.99. The third kappa shape index (κ3) is 3.34. The van der Waals surface area contributed by atoms with Gasteiger partial charge in [-0.1, -0.05) is 22.9 Å². The predicted molar refractivity (Wildman–Crippen MR) is 74.3 cm³/mol. The van der Waals surface area contributed by atoms with Gasteiger partial charge in [0, 0.05) is 16.6 Å². The summed E-state index contributed by atoms with van der Waals surface area (Å²) in [7, 11) is 0. The van der Waals surface area contributed by atoms with Gasteiger partial charge < -0.3 is 5.11 Å². The van der Waals surface area contributed by atoms with Gasteiger partial charge in [-0.3, -0.25) is 9.69 Å². The van der Waals surface area contributed by atoms with E-state index in [4.69, 9.17) is 0 Å². The van der Waals surface area contributed by atoms with E-state index in [1.54, 1.807) is 12.1 Å². The van der Waals surface area contributed by atoms with Crippen molar-refractivity contribution in [3.63, 3.8) is 0 Å². The van der Waals surface area contributed by atoms with Crippen LogP contribution in [0.4, 0.5) is 4.39 Å². The van der Waals surface area contributed by atoms with E-state index in [2.05, 4.69) is 15.9 Å². The minimum atomic E-state index is -0.817. The number of hydrogen-bond acceptors (Lipinski definition) is 2. The number of piperidine rings is 1. The smallest absolute Gasteiger partial charge is 0.321 e. The molecule has 1 fully saturated rings. The van der Waals surface area contributed by atoms with Crippen molar-refractivity contribution < 1.29 is 14.3 Å². The van der Waals surface area contributed by atoms with Gasteiger partial charge in [-0.15, -0.1) is 0 Å². The molecule has 19 heavy (non-hydrogen) atoms. The van der Waals surface area contributed by atoms with E-state index in [-0.39, 0.29) is 11.7 Å². The number of carboxylic acid groups (broad SMARTS) is 1. The number of carbonyl (C=O) groups is 1.